The molecule has 0 radical (unpaired) electrons. The fraction of sp³-hybridized carbons (Fsp3) is 0.600. The molecule has 1 heterocycles. The van der Waals surface area contributed by atoms with Crippen LogP contribution in [0.4, 0.5) is 0 Å². The first-order chi connectivity index (χ1) is 9.95. The zero-order valence-corrected chi connectivity index (χ0v) is 13.2. The molecular weight excluding hydrogens is 290 g/mol. The van der Waals surface area contributed by atoms with Gasteiger partial charge in [0.2, 0.25) is 10.0 Å². The Labute approximate surface area is 126 Å². The van der Waals surface area contributed by atoms with Gasteiger partial charge in [0, 0.05) is 25.2 Å². The quantitative estimate of drug-likeness (QED) is 0.827. The van der Waals surface area contributed by atoms with Crippen LogP contribution in [0.3, 0.4) is 0 Å². The molecule has 0 aliphatic carbocycles. The highest BCUT2D eigenvalue weighted by Gasteiger charge is 2.33. The van der Waals surface area contributed by atoms with Crippen molar-refractivity contribution < 1.29 is 18.3 Å². The van der Waals surface area contributed by atoms with E-state index in [4.69, 9.17) is 4.74 Å². The van der Waals surface area contributed by atoms with Crippen molar-refractivity contribution in [2.75, 3.05) is 26.4 Å². The third-order valence-electron chi connectivity index (χ3n) is 4.00. The van der Waals surface area contributed by atoms with E-state index in [1.165, 1.54) is 0 Å². The molecule has 2 rings (SSSR count). The van der Waals surface area contributed by atoms with Gasteiger partial charge in [-0.1, -0.05) is 29.8 Å². The van der Waals surface area contributed by atoms with Gasteiger partial charge in [-0.3, -0.25) is 0 Å². The van der Waals surface area contributed by atoms with Gasteiger partial charge in [0.25, 0.3) is 0 Å². The van der Waals surface area contributed by atoms with E-state index in [2.05, 4.69) is 4.72 Å². The van der Waals surface area contributed by atoms with Crippen molar-refractivity contribution in [1.29, 1.82) is 0 Å². The van der Waals surface area contributed by atoms with Crippen molar-refractivity contribution in [1.82, 2.24) is 4.72 Å². The molecule has 1 aliphatic heterocycles. The first kappa shape index (κ1) is 16.4. The van der Waals surface area contributed by atoms with Crippen molar-refractivity contribution in [2.24, 2.45) is 5.41 Å². The Hall–Kier alpha value is -0.950. The van der Waals surface area contributed by atoms with Gasteiger partial charge in [-0.05, 0) is 25.3 Å². The minimum atomic E-state index is -3.40. The van der Waals surface area contributed by atoms with Crippen molar-refractivity contribution in [3.05, 3.63) is 35.4 Å². The van der Waals surface area contributed by atoms with Gasteiger partial charge in [-0.2, -0.15) is 0 Å². The van der Waals surface area contributed by atoms with Crippen LogP contribution in [0.5, 0.6) is 0 Å². The summed E-state index contributed by atoms with van der Waals surface area (Å²) in [5.41, 5.74) is 1.42. The highest BCUT2D eigenvalue weighted by Crippen LogP contribution is 2.29. The van der Waals surface area contributed by atoms with Crippen molar-refractivity contribution >= 4 is 10.0 Å². The SMILES string of the molecule is Cc1cccc(CS(=O)(=O)NCC2(CO)CCOCC2)c1. The first-order valence-corrected chi connectivity index (χ1v) is 8.81. The molecule has 2 N–H and O–H groups in total. The standard InChI is InChI=1S/C15H23NO4S/c1-13-3-2-4-14(9-13)10-21(18,19)16-11-15(12-17)5-7-20-8-6-15/h2-4,9,16-17H,5-8,10-12H2,1H3. The monoisotopic (exact) mass is 313 g/mol. The normalized spacial score (nSPS) is 18.6. The summed E-state index contributed by atoms with van der Waals surface area (Å²) in [6, 6.07) is 7.47. The molecule has 0 saturated carbocycles. The largest absolute Gasteiger partial charge is 0.396 e. The van der Waals surface area contributed by atoms with Gasteiger partial charge in [0.05, 0.1) is 12.4 Å². The predicted molar refractivity (Wildman–Crippen MR) is 81.4 cm³/mol. The lowest BCUT2D eigenvalue weighted by molar-refractivity contribution is -0.0126. The molecule has 0 bridgehead atoms. The van der Waals surface area contributed by atoms with Crippen LogP contribution >= 0.6 is 0 Å². The van der Waals surface area contributed by atoms with Crippen LogP contribution in [0.25, 0.3) is 0 Å². The summed E-state index contributed by atoms with van der Waals surface area (Å²) >= 11 is 0. The topological polar surface area (TPSA) is 75.6 Å². The number of hydrogen-bond donors (Lipinski definition) is 2. The second kappa shape index (κ2) is 6.87. The number of aryl methyl sites for hydroxylation is 1. The lowest BCUT2D eigenvalue weighted by Gasteiger charge is -2.35. The van der Waals surface area contributed by atoms with Gasteiger partial charge in [-0.15, -0.1) is 0 Å². The molecule has 0 spiro atoms. The Kier molecular flexibility index (Phi) is 5.37. The Bertz CT molecular complexity index is 565. The van der Waals surface area contributed by atoms with E-state index in [0.717, 1.165) is 11.1 Å². The number of sulfonamides is 1. The number of aliphatic hydroxyl groups is 1. The smallest absolute Gasteiger partial charge is 0.215 e. The van der Waals surface area contributed by atoms with E-state index < -0.39 is 15.4 Å². The third kappa shape index (κ3) is 4.78. The minimum absolute atomic E-state index is 0.0245. The molecule has 0 unspecified atom stereocenters. The Morgan fingerprint density at radius 2 is 2.05 bits per heavy atom. The minimum Gasteiger partial charge on any atom is -0.396 e. The van der Waals surface area contributed by atoms with Gasteiger partial charge >= 0.3 is 0 Å². The molecule has 6 heteroatoms. The average Bonchev–Trinajstić information content (AvgIpc) is 2.46. The maximum Gasteiger partial charge on any atom is 0.215 e. The number of nitrogens with one attached hydrogen (secondary N) is 1. The summed E-state index contributed by atoms with van der Waals surface area (Å²) < 4.78 is 32.3. The molecule has 0 aromatic heterocycles. The molecule has 1 aliphatic rings. The second-order valence-corrected chi connectivity index (χ2v) is 7.65. The average molecular weight is 313 g/mol. The van der Waals surface area contributed by atoms with E-state index in [9.17, 15) is 13.5 Å². The first-order valence-electron chi connectivity index (χ1n) is 7.16. The fourth-order valence-electron chi connectivity index (χ4n) is 2.53. The summed E-state index contributed by atoms with van der Waals surface area (Å²) in [6.07, 6.45) is 1.35. The molecule has 21 heavy (non-hydrogen) atoms. The lowest BCUT2D eigenvalue weighted by Crippen LogP contribution is -2.44. The molecule has 1 saturated heterocycles. The molecule has 1 aromatic rings. The van der Waals surface area contributed by atoms with E-state index in [0.29, 0.717) is 26.1 Å². The third-order valence-corrected chi connectivity index (χ3v) is 5.29. The number of aliphatic hydroxyl groups excluding tert-OH is 1. The van der Waals surface area contributed by atoms with Crippen LogP contribution in [0.2, 0.25) is 0 Å². The Balaban J connectivity index is 1.97. The lowest BCUT2D eigenvalue weighted by atomic mass is 9.81. The maximum absolute atomic E-state index is 12.2. The summed E-state index contributed by atoms with van der Waals surface area (Å²) in [6.45, 7) is 3.32. The van der Waals surface area contributed by atoms with Crippen LogP contribution in [-0.2, 0) is 20.5 Å². The van der Waals surface area contributed by atoms with E-state index in [1.54, 1.807) is 0 Å². The Morgan fingerprint density at radius 1 is 1.33 bits per heavy atom. The molecule has 1 aromatic carbocycles. The summed E-state index contributed by atoms with van der Waals surface area (Å²) in [5, 5.41) is 9.57. The van der Waals surface area contributed by atoms with Gasteiger partial charge < -0.3 is 9.84 Å². The Morgan fingerprint density at radius 3 is 2.67 bits per heavy atom. The van der Waals surface area contributed by atoms with Crippen LogP contribution in [0.1, 0.15) is 24.0 Å². The number of benzene rings is 1. The van der Waals surface area contributed by atoms with Gasteiger partial charge in [0.1, 0.15) is 0 Å². The van der Waals surface area contributed by atoms with E-state index in [-0.39, 0.29) is 18.9 Å². The maximum atomic E-state index is 12.2. The van der Waals surface area contributed by atoms with Crippen LogP contribution in [0.15, 0.2) is 24.3 Å². The van der Waals surface area contributed by atoms with Crippen LogP contribution in [0, 0.1) is 12.3 Å². The second-order valence-electron chi connectivity index (χ2n) is 5.84. The zero-order valence-electron chi connectivity index (χ0n) is 12.3. The molecule has 0 atom stereocenters. The summed E-state index contributed by atoms with van der Waals surface area (Å²) in [4.78, 5) is 0. The molecular formula is C15H23NO4S. The van der Waals surface area contributed by atoms with E-state index >= 15 is 0 Å². The van der Waals surface area contributed by atoms with E-state index in [1.807, 2.05) is 31.2 Å². The van der Waals surface area contributed by atoms with Crippen molar-refractivity contribution in [2.45, 2.75) is 25.5 Å². The molecule has 118 valence electrons. The zero-order chi connectivity index (χ0) is 15.3. The predicted octanol–water partition coefficient (Wildman–Crippen LogP) is 1.20. The van der Waals surface area contributed by atoms with Gasteiger partial charge in [-0.25, -0.2) is 13.1 Å². The molecule has 0 amide bonds. The summed E-state index contributed by atoms with van der Waals surface area (Å²) in [5.74, 6) is -0.0350. The fourth-order valence-corrected chi connectivity index (χ4v) is 3.78. The number of rotatable bonds is 6. The van der Waals surface area contributed by atoms with Crippen molar-refractivity contribution in [3.8, 4) is 0 Å². The molecule has 5 nitrogen and oxygen atoms in total. The van der Waals surface area contributed by atoms with Gasteiger partial charge in [0.15, 0.2) is 0 Å². The highest BCUT2D eigenvalue weighted by atomic mass is 32.2. The van der Waals surface area contributed by atoms with Crippen LogP contribution < -0.4 is 4.72 Å². The van der Waals surface area contributed by atoms with Crippen molar-refractivity contribution in [3.63, 3.8) is 0 Å². The highest BCUT2D eigenvalue weighted by molar-refractivity contribution is 7.88. The molecule has 1 fully saturated rings. The number of ether oxygens (including phenoxy) is 1. The summed E-state index contributed by atoms with van der Waals surface area (Å²) in [7, 11) is -3.40. The number of hydrogen-bond acceptors (Lipinski definition) is 4. The van der Waals surface area contributed by atoms with Crippen LogP contribution in [-0.4, -0.2) is 39.9 Å².